The number of rotatable bonds is 5. The molecule has 0 saturated carbocycles. The smallest absolute Gasteiger partial charge is 0.338 e. The Hall–Kier alpha value is -1.43. The van der Waals surface area contributed by atoms with Gasteiger partial charge in [0, 0.05) is 5.33 Å². The monoisotopic (exact) mass is 303 g/mol. The van der Waals surface area contributed by atoms with E-state index >= 15 is 0 Å². The van der Waals surface area contributed by atoms with Gasteiger partial charge in [-0.25, -0.2) is 9.18 Å². The fourth-order valence-corrected chi connectivity index (χ4v) is 1.45. The van der Waals surface area contributed by atoms with Crippen molar-refractivity contribution in [3.8, 4) is 0 Å². The zero-order chi connectivity index (χ0) is 12.8. The molecule has 0 aliphatic rings. The number of hydrogen-bond acceptors (Lipinski definition) is 4. The summed E-state index contributed by atoms with van der Waals surface area (Å²) in [6.45, 7) is 0. The van der Waals surface area contributed by atoms with Gasteiger partial charge in [-0.05, 0) is 12.1 Å². The number of halogens is 2. The first-order valence-electron chi connectivity index (χ1n) is 4.73. The molecule has 0 N–H and O–H groups in total. The van der Waals surface area contributed by atoms with E-state index in [9.17, 15) is 19.1 Å². The van der Waals surface area contributed by atoms with Crippen LogP contribution in [0.2, 0.25) is 0 Å². The van der Waals surface area contributed by atoms with E-state index < -0.39 is 24.2 Å². The van der Waals surface area contributed by atoms with Crippen molar-refractivity contribution in [2.24, 2.45) is 0 Å². The minimum atomic E-state index is -1.91. The van der Waals surface area contributed by atoms with Crippen LogP contribution in [0.15, 0.2) is 30.3 Å². The minimum absolute atomic E-state index is 0.153. The van der Waals surface area contributed by atoms with Crippen molar-refractivity contribution >= 4 is 27.9 Å². The molecular weight excluding hydrogens is 295 g/mol. The second-order valence-electron chi connectivity index (χ2n) is 3.18. The molecule has 0 aliphatic carbocycles. The summed E-state index contributed by atoms with van der Waals surface area (Å²) in [6.07, 6.45) is -3.77. The van der Waals surface area contributed by atoms with Gasteiger partial charge in [0.25, 0.3) is 0 Å². The highest BCUT2D eigenvalue weighted by molar-refractivity contribution is 9.09. The molecule has 6 heteroatoms. The fourth-order valence-electron chi connectivity index (χ4n) is 1.11. The zero-order valence-corrected chi connectivity index (χ0v) is 10.2. The summed E-state index contributed by atoms with van der Waals surface area (Å²) in [4.78, 5) is 22.1. The Morgan fingerprint density at radius 3 is 2.41 bits per heavy atom. The van der Waals surface area contributed by atoms with E-state index in [0.29, 0.717) is 0 Å². The summed E-state index contributed by atoms with van der Waals surface area (Å²) in [6, 6.07) is 7.74. The molecule has 4 nitrogen and oxygen atoms in total. The molecule has 17 heavy (non-hydrogen) atoms. The zero-order valence-electron chi connectivity index (χ0n) is 8.64. The van der Waals surface area contributed by atoms with E-state index in [-0.39, 0.29) is 10.9 Å². The van der Waals surface area contributed by atoms with Crippen molar-refractivity contribution in [1.29, 1.82) is 0 Å². The van der Waals surface area contributed by atoms with Gasteiger partial charge < -0.3 is 14.6 Å². The van der Waals surface area contributed by atoms with Crippen LogP contribution in [0.4, 0.5) is 4.39 Å². The van der Waals surface area contributed by atoms with Crippen molar-refractivity contribution in [1.82, 2.24) is 0 Å². The van der Waals surface area contributed by atoms with Crippen molar-refractivity contribution in [3.63, 3.8) is 0 Å². The first-order chi connectivity index (χ1) is 8.06. The Kier molecular flexibility index (Phi) is 5.09. The molecule has 0 spiro atoms. The first kappa shape index (κ1) is 13.6. The molecule has 0 saturated heterocycles. The second kappa shape index (κ2) is 6.34. The summed E-state index contributed by atoms with van der Waals surface area (Å²) in [5, 5.41) is 10.4. The predicted octanol–water partition coefficient (Wildman–Crippen LogP) is 0.695. The van der Waals surface area contributed by atoms with Gasteiger partial charge in [0.1, 0.15) is 0 Å². The summed E-state index contributed by atoms with van der Waals surface area (Å²) >= 11 is 2.77. The van der Waals surface area contributed by atoms with E-state index in [1.54, 1.807) is 18.2 Å². The Balaban J connectivity index is 2.75. The molecule has 0 aromatic heterocycles. The molecule has 0 aliphatic heterocycles. The summed E-state index contributed by atoms with van der Waals surface area (Å²) in [5.41, 5.74) is 0.153. The Morgan fingerprint density at radius 2 is 1.94 bits per heavy atom. The predicted molar refractivity (Wildman–Crippen MR) is 59.3 cm³/mol. The Morgan fingerprint density at radius 1 is 1.35 bits per heavy atom. The molecule has 0 amide bonds. The lowest BCUT2D eigenvalue weighted by molar-refractivity contribution is -0.316. The maximum atomic E-state index is 13.2. The van der Waals surface area contributed by atoms with Crippen molar-refractivity contribution < 1.29 is 23.8 Å². The third kappa shape index (κ3) is 3.81. The van der Waals surface area contributed by atoms with Gasteiger partial charge in [0.2, 0.25) is 0 Å². The molecule has 92 valence electrons. The van der Waals surface area contributed by atoms with Gasteiger partial charge in [-0.15, -0.1) is 0 Å². The topological polar surface area (TPSA) is 66.4 Å². The number of hydrogen-bond donors (Lipinski definition) is 0. The van der Waals surface area contributed by atoms with Crippen LogP contribution in [0, 0.1) is 0 Å². The number of esters is 1. The molecule has 0 bridgehead atoms. The van der Waals surface area contributed by atoms with Gasteiger partial charge >= 0.3 is 5.97 Å². The standard InChI is InChI=1S/C11H10BrFO4/c12-6-8(13)9(10(14)15)17-11(16)7-4-2-1-3-5-7/h1-5,8-9H,6H2,(H,14,15)/p-1/t8-,9+/m1/s1. The number of ether oxygens (including phenoxy) is 1. The summed E-state index contributed by atoms with van der Waals surface area (Å²) < 4.78 is 17.7. The number of benzene rings is 1. The van der Waals surface area contributed by atoms with Crippen LogP contribution in [-0.2, 0) is 9.53 Å². The number of carbonyl (C=O) groups is 2. The lowest BCUT2D eigenvalue weighted by Crippen LogP contribution is -2.45. The van der Waals surface area contributed by atoms with Gasteiger partial charge in [0.15, 0.2) is 12.3 Å². The maximum absolute atomic E-state index is 13.2. The highest BCUT2D eigenvalue weighted by Gasteiger charge is 2.26. The van der Waals surface area contributed by atoms with Crippen molar-refractivity contribution in [2.75, 3.05) is 5.33 Å². The number of carboxylic acids is 1. The molecule has 1 aromatic rings. The molecule has 0 unspecified atom stereocenters. The molecule has 0 fully saturated rings. The molecule has 1 rings (SSSR count). The highest BCUT2D eigenvalue weighted by Crippen LogP contribution is 2.10. The van der Waals surface area contributed by atoms with Crippen molar-refractivity contribution in [3.05, 3.63) is 35.9 Å². The van der Waals surface area contributed by atoms with E-state index in [4.69, 9.17) is 0 Å². The van der Waals surface area contributed by atoms with Crippen LogP contribution in [0.3, 0.4) is 0 Å². The number of aliphatic carboxylic acids is 1. The number of alkyl halides is 2. The van der Waals surface area contributed by atoms with Crippen LogP contribution in [0.5, 0.6) is 0 Å². The third-order valence-electron chi connectivity index (χ3n) is 1.95. The molecule has 1 aromatic carbocycles. The van der Waals surface area contributed by atoms with Crippen LogP contribution in [0.25, 0.3) is 0 Å². The average molecular weight is 304 g/mol. The van der Waals surface area contributed by atoms with Crippen LogP contribution < -0.4 is 5.11 Å². The van der Waals surface area contributed by atoms with Crippen LogP contribution in [-0.4, -0.2) is 29.5 Å². The number of carboxylic acid groups (broad SMARTS) is 1. The largest absolute Gasteiger partial charge is 0.546 e. The van der Waals surface area contributed by atoms with Gasteiger partial charge in [-0.3, -0.25) is 0 Å². The molecular formula is C11H9BrFO4-. The highest BCUT2D eigenvalue weighted by atomic mass is 79.9. The lowest BCUT2D eigenvalue weighted by atomic mass is 10.2. The Labute approximate surface area is 106 Å². The SMILES string of the molecule is O=C(O[C@H](C(=O)[O-])[C@H](F)CBr)c1ccccc1. The van der Waals surface area contributed by atoms with Crippen LogP contribution in [0.1, 0.15) is 10.4 Å². The van der Waals surface area contributed by atoms with Gasteiger partial charge in [-0.1, -0.05) is 34.1 Å². The first-order valence-corrected chi connectivity index (χ1v) is 5.85. The quantitative estimate of drug-likeness (QED) is 0.593. The normalized spacial score (nSPS) is 13.8. The van der Waals surface area contributed by atoms with E-state index in [1.165, 1.54) is 12.1 Å². The maximum Gasteiger partial charge on any atom is 0.338 e. The molecule has 0 radical (unpaired) electrons. The minimum Gasteiger partial charge on any atom is -0.546 e. The fraction of sp³-hybridized carbons (Fsp3) is 0.273. The van der Waals surface area contributed by atoms with E-state index in [2.05, 4.69) is 20.7 Å². The third-order valence-corrected chi connectivity index (χ3v) is 2.57. The summed E-state index contributed by atoms with van der Waals surface area (Å²) in [5.74, 6) is -2.66. The van der Waals surface area contributed by atoms with Crippen LogP contribution >= 0.6 is 15.9 Å². The van der Waals surface area contributed by atoms with E-state index in [0.717, 1.165) is 0 Å². The molecule has 2 atom stereocenters. The number of carbonyl (C=O) groups excluding carboxylic acids is 2. The average Bonchev–Trinajstić information content (AvgIpc) is 2.35. The molecule has 0 heterocycles. The summed E-state index contributed by atoms with van der Waals surface area (Å²) in [7, 11) is 0. The van der Waals surface area contributed by atoms with Crippen molar-refractivity contribution in [2.45, 2.75) is 12.3 Å². The van der Waals surface area contributed by atoms with Gasteiger partial charge in [0.05, 0.1) is 11.5 Å². The van der Waals surface area contributed by atoms with E-state index in [1.807, 2.05) is 0 Å². The van der Waals surface area contributed by atoms with Gasteiger partial charge in [-0.2, -0.15) is 0 Å². The Bertz CT molecular complexity index is 396. The second-order valence-corrected chi connectivity index (χ2v) is 3.83. The lowest BCUT2D eigenvalue weighted by Gasteiger charge is -2.20.